The van der Waals surface area contributed by atoms with Gasteiger partial charge in [0, 0.05) is 24.1 Å². The van der Waals surface area contributed by atoms with E-state index in [1.165, 1.54) is 12.1 Å². The lowest BCUT2D eigenvalue weighted by atomic mass is 9.88. The van der Waals surface area contributed by atoms with Gasteiger partial charge in [0.05, 0.1) is 0 Å². The van der Waals surface area contributed by atoms with Crippen LogP contribution in [-0.2, 0) is 4.79 Å². The van der Waals surface area contributed by atoms with E-state index in [1.54, 1.807) is 12.1 Å². The minimum absolute atomic E-state index is 0.00345. The lowest BCUT2D eigenvalue weighted by Gasteiger charge is -2.38. The Morgan fingerprint density at radius 2 is 1.67 bits per heavy atom. The summed E-state index contributed by atoms with van der Waals surface area (Å²) in [6, 6.07) is 6.64. The second-order valence-corrected chi connectivity index (χ2v) is 6.08. The summed E-state index contributed by atoms with van der Waals surface area (Å²) in [5, 5.41) is 18.2. The third-order valence-corrected chi connectivity index (χ3v) is 4.64. The van der Waals surface area contributed by atoms with E-state index in [2.05, 4.69) is 0 Å². The van der Waals surface area contributed by atoms with Crippen LogP contribution in [0, 0.1) is 5.92 Å². The van der Waals surface area contributed by atoms with Crippen molar-refractivity contribution >= 4 is 11.9 Å². The number of nitrogens with zero attached hydrogens (tertiary/aromatic N) is 1. The van der Waals surface area contributed by atoms with Crippen LogP contribution < -0.4 is 0 Å². The quantitative estimate of drug-likeness (QED) is 0.894. The number of hydrogen-bond donors (Lipinski definition) is 2. The number of carboxylic acid groups (broad SMARTS) is 1. The summed E-state index contributed by atoms with van der Waals surface area (Å²) in [6.07, 6.45) is 3.70. The molecule has 2 N–H and O–H groups in total. The van der Waals surface area contributed by atoms with Crippen LogP contribution in [0.5, 0.6) is 5.75 Å². The Bertz CT molecular complexity index is 540. The average molecular weight is 289 g/mol. The number of carbonyl (C=O) groups is 2. The van der Waals surface area contributed by atoms with Gasteiger partial charge in [0.25, 0.3) is 5.91 Å². The Hall–Kier alpha value is -2.04. The van der Waals surface area contributed by atoms with Crippen LogP contribution >= 0.6 is 0 Å². The fraction of sp³-hybridized carbons (Fsp3) is 0.500. The zero-order chi connectivity index (χ0) is 15.0. The monoisotopic (exact) mass is 289 g/mol. The zero-order valence-corrected chi connectivity index (χ0v) is 11.7. The fourth-order valence-electron chi connectivity index (χ4n) is 3.79. The molecule has 2 unspecified atom stereocenters. The summed E-state index contributed by atoms with van der Waals surface area (Å²) in [6.45, 7) is 0. The first-order valence-electron chi connectivity index (χ1n) is 7.38. The Labute approximate surface area is 123 Å². The number of carboxylic acids is 1. The molecule has 0 spiro atoms. The van der Waals surface area contributed by atoms with Crippen molar-refractivity contribution in [2.75, 3.05) is 0 Å². The van der Waals surface area contributed by atoms with Crippen LogP contribution in [0.15, 0.2) is 24.3 Å². The molecule has 1 aromatic carbocycles. The molecule has 2 saturated heterocycles. The van der Waals surface area contributed by atoms with Crippen molar-refractivity contribution in [1.82, 2.24) is 4.90 Å². The smallest absolute Gasteiger partial charge is 0.303 e. The van der Waals surface area contributed by atoms with Gasteiger partial charge in [-0.15, -0.1) is 0 Å². The second kappa shape index (κ2) is 5.39. The summed E-state index contributed by atoms with van der Waals surface area (Å²) >= 11 is 0. The molecule has 0 radical (unpaired) electrons. The Kier molecular flexibility index (Phi) is 3.57. The molecule has 2 aliphatic rings. The van der Waals surface area contributed by atoms with Gasteiger partial charge in [-0.3, -0.25) is 9.59 Å². The summed E-state index contributed by atoms with van der Waals surface area (Å²) in [4.78, 5) is 25.4. The number of phenolic OH excluding ortho intramolecular Hbond substituents is 1. The maximum atomic E-state index is 12.6. The minimum Gasteiger partial charge on any atom is -0.508 e. The van der Waals surface area contributed by atoms with E-state index in [0.717, 1.165) is 25.7 Å². The Morgan fingerprint density at radius 1 is 1.10 bits per heavy atom. The van der Waals surface area contributed by atoms with E-state index in [0.29, 0.717) is 5.56 Å². The molecular weight excluding hydrogens is 270 g/mol. The minimum atomic E-state index is -0.752. The standard InChI is InChI=1S/C16H19NO4/c18-14-5-1-11(2-6-14)16(21)17-12-3-4-13(17)8-10(7-12)9-15(19)20/h1-2,5-6,10,12-13,18H,3-4,7-9H2,(H,19,20). The maximum absolute atomic E-state index is 12.6. The summed E-state index contributed by atoms with van der Waals surface area (Å²) in [5.41, 5.74) is 0.585. The maximum Gasteiger partial charge on any atom is 0.303 e. The van der Waals surface area contributed by atoms with Gasteiger partial charge < -0.3 is 15.1 Å². The van der Waals surface area contributed by atoms with Crippen LogP contribution in [-0.4, -0.2) is 39.1 Å². The van der Waals surface area contributed by atoms with E-state index in [9.17, 15) is 14.7 Å². The third-order valence-electron chi connectivity index (χ3n) is 4.64. The highest BCUT2D eigenvalue weighted by Gasteiger charge is 2.43. The number of aliphatic carboxylic acids is 1. The Balaban J connectivity index is 1.74. The van der Waals surface area contributed by atoms with Crippen molar-refractivity contribution in [3.63, 3.8) is 0 Å². The number of aromatic hydroxyl groups is 1. The molecule has 5 nitrogen and oxygen atoms in total. The fourth-order valence-corrected chi connectivity index (χ4v) is 3.79. The van der Waals surface area contributed by atoms with Crippen LogP contribution in [0.1, 0.15) is 42.5 Å². The molecule has 0 saturated carbocycles. The number of piperidine rings is 1. The molecule has 2 bridgehead atoms. The van der Waals surface area contributed by atoms with E-state index in [1.807, 2.05) is 4.90 Å². The van der Waals surface area contributed by atoms with E-state index >= 15 is 0 Å². The van der Waals surface area contributed by atoms with Crippen molar-refractivity contribution < 1.29 is 19.8 Å². The molecule has 0 aliphatic carbocycles. The second-order valence-electron chi connectivity index (χ2n) is 6.08. The molecule has 1 amide bonds. The van der Waals surface area contributed by atoms with Crippen LogP contribution in [0.2, 0.25) is 0 Å². The van der Waals surface area contributed by atoms with E-state index in [-0.39, 0.29) is 36.1 Å². The highest BCUT2D eigenvalue weighted by molar-refractivity contribution is 5.95. The first kappa shape index (κ1) is 13.9. The number of fused-ring (bicyclic) bond motifs is 2. The average Bonchev–Trinajstić information content (AvgIpc) is 2.70. The normalized spacial score (nSPS) is 27.6. The third kappa shape index (κ3) is 2.73. The molecule has 0 aromatic heterocycles. The Morgan fingerprint density at radius 3 is 2.19 bits per heavy atom. The zero-order valence-electron chi connectivity index (χ0n) is 11.7. The molecule has 2 fully saturated rings. The predicted molar refractivity (Wildman–Crippen MR) is 76.1 cm³/mol. The van der Waals surface area contributed by atoms with Gasteiger partial charge >= 0.3 is 5.97 Å². The molecule has 3 rings (SSSR count). The predicted octanol–water partition coefficient (Wildman–Crippen LogP) is 2.25. The number of carbonyl (C=O) groups excluding carboxylic acids is 1. The van der Waals surface area contributed by atoms with Crippen molar-refractivity contribution in [1.29, 1.82) is 0 Å². The summed E-state index contributed by atoms with van der Waals surface area (Å²) in [5.74, 6) is -0.424. The highest BCUT2D eigenvalue weighted by Crippen LogP contribution is 2.40. The molecule has 5 heteroatoms. The van der Waals surface area contributed by atoms with Gasteiger partial charge in [-0.25, -0.2) is 0 Å². The molecule has 2 heterocycles. The largest absolute Gasteiger partial charge is 0.508 e. The van der Waals surface area contributed by atoms with Crippen LogP contribution in [0.3, 0.4) is 0 Å². The van der Waals surface area contributed by atoms with Gasteiger partial charge in [-0.2, -0.15) is 0 Å². The highest BCUT2D eigenvalue weighted by atomic mass is 16.4. The lowest BCUT2D eigenvalue weighted by molar-refractivity contribution is -0.138. The van der Waals surface area contributed by atoms with Crippen molar-refractivity contribution in [3.8, 4) is 5.75 Å². The van der Waals surface area contributed by atoms with Gasteiger partial charge in [0.1, 0.15) is 5.75 Å². The van der Waals surface area contributed by atoms with Gasteiger partial charge in [-0.1, -0.05) is 0 Å². The molecule has 112 valence electrons. The van der Waals surface area contributed by atoms with E-state index < -0.39 is 5.97 Å². The molecule has 1 aromatic rings. The van der Waals surface area contributed by atoms with Gasteiger partial charge in [0.15, 0.2) is 0 Å². The molecular formula is C16H19NO4. The van der Waals surface area contributed by atoms with Crippen LogP contribution in [0.25, 0.3) is 0 Å². The van der Waals surface area contributed by atoms with Crippen molar-refractivity contribution in [3.05, 3.63) is 29.8 Å². The SMILES string of the molecule is O=C(O)CC1CC2CCC(C1)N2C(=O)c1ccc(O)cc1. The molecule has 2 atom stereocenters. The number of hydrogen-bond acceptors (Lipinski definition) is 3. The van der Waals surface area contributed by atoms with Crippen molar-refractivity contribution in [2.45, 2.75) is 44.2 Å². The lowest BCUT2D eigenvalue weighted by Crippen LogP contribution is -2.46. The van der Waals surface area contributed by atoms with Gasteiger partial charge in [0.2, 0.25) is 0 Å². The summed E-state index contributed by atoms with van der Waals surface area (Å²) < 4.78 is 0. The van der Waals surface area contributed by atoms with E-state index in [4.69, 9.17) is 5.11 Å². The topological polar surface area (TPSA) is 77.8 Å². The van der Waals surface area contributed by atoms with Gasteiger partial charge in [-0.05, 0) is 55.9 Å². The first-order chi connectivity index (χ1) is 10.0. The number of rotatable bonds is 3. The number of phenols is 1. The van der Waals surface area contributed by atoms with Crippen LogP contribution in [0.4, 0.5) is 0 Å². The first-order valence-corrected chi connectivity index (χ1v) is 7.38. The molecule has 2 aliphatic heterocycles. The summed E-state index contributed by atoms with van der Waals surface area (Å²) in [7, 11) is 0. The molecule has 21 heavy (non-hydrogen) atoms. The van der Waals surface area contributed by atoms with Crippen molar-refractivity contribution in [2.24, 2.45) is 5.92 Å². The number of benzene rings is 1. The number of amides is 1.